The van der Waals surface area contributed by atoms with Gasteiger partial charge in [-0.15, -0.1) is 0 Å². The van der Waals surface area contributed by atoms with Gasteiger partial charge in [0.05, 0.1) is 18.8 Å². The Balaban J connectivity index is 2.22. The molecule has 2 rings (SSSR count). The summed E-state index contributed by atoms with van der Waals surface area (Å²) in [5.41, 5.74) is 7.71. The molecule has 0 saturated carbocycles. The van der Waals surface area contributed by atoms with Crippen LogP contribution in [0.5, 0.6) is 5.88 Å². The van der Waals surface area contributed by atoms with Crippen molar-refractivity contribution in [2.75, 3.05) is 19.9 Å². The van der Waals surface area contributed by atoms with E-state index >= 15 is 0 Å². The summed E-state index contributed by atoms with van der Waals surface area (Å²) in [6, 6.07) is 5.68. The topological polar surface area (TPSA) is 86.0 Å². The fourth-order valence-electron chi connectivity index (χ4n) is 1.85. The van der Waals surface area contributed by atoms with Crippen molar-refractivity contribution in [1.82, 2.24) is 20.3 Å². The number of likely N-dealkylation sites (N-methyl/N-ethyl adjacent to an activating group) is 1. The highest BCUT2D eigenvalue weighted by Crippen LogP contribution is 2.20. The summed E-state index contributed by atoms with van der Waals surface area (Å²) in [7, 11) is 3.46. The van der Waals surface area contributed by atoms with Gasteiger partial charge in [-0.05, 0) is 25.1 Å². The fraction of sp³-hybridized carbons (Fsp3) is 0.308. The van der Waals surface area contributed by atoms with Crippen molar-refractivity contribution in [1.29, 1.82) is 0 Å². The molecule has 0 aromatic carbocycles. The SMILES string of the molecule is CNC(Cc1cccnc1N)c1cc(OC)ncn1. The van der Waals surface area contributed by atoms with E-state index in [0.29, 0.717) is 18.1 Å². The number of hydrogen-bond acceptors (Lipinski definition) is 6. The Bertz CT molecular complexity index is 546. The van der Waals surface area contributed by atoms with Crippen LogP contribution in [0.4, 0.5) is 5.82 Å². The normalized spacial score (nSPS) is 12.1. The smallest absolute Gasteiger partial charge is 0.216 e. The first-order valence-electron chi connectivity index (χ1n) is 5.97. The van der Waals surface area contributed by atoms with Crippen LogP contribution < -0.4 is 15.8 Å². The van der Waals surface area contributed by atoms with Crippen molar-refractivity contribution in [2.24, 2.45) is 0 Å². The zero-order valence-corrected chi connectivity index (χ0v) is 11.0. The first kappa shape index (κ1) is 13.2. The van der Waals surface area contributed by atoms with E-state index in [0.717, 1.165) is 11.3 Å². The van der Waals surface area contributed by atoms with E-state index in [1.54, 1.807) is 13.3 Å². The third-order valence-corrected chi connectivity index (χ3v) is 2.93. The molecular weight excluding hydrogens is 242 g/mol. The molecule has 0 spiro atoms. The Kier molecular flexibility index (Phi) is 4.25. The van der Waals surface area contributed by atoms with Gasteiger partial charge in [-0.2, -0.15) is 0 Å². The fourth-order valence-corrected chi connectivity index (χ4v) is 1.85. The summed E-state index contributed by atoms with van der Waals surface area (Å²) in [5, 5.41) is 3.22. The molecule has 0 bridgehead atoms. The van der Waals surface area contributed by atoms with E-state index in [1.807, 2.05) is 25.2 Å². The molecule has 6 heteroatoms. The Labute approximate surface area is 112 Å². The number of anilines is 1. The molecule has 3 N–H and O–H groups in total. The summed E-state index contributed by atoms with van der Waals surface area (Å²) in [6.07, 6.45) is 3.88. The Morgan fingerprint density at radius 2 is 2.21 bits per heavy atom. The highest BCUT2D eigenvalue weighted by atomic mass is 16.5. The molecule has 2 aromatic rings. The van der Waals surface area contributed by atoms with Crippen LogP contribution in [0.3, 0.4) is 0 Å². The second kappa shape index (κ2) is 6.10. The van der Waals surface area contributed by atoms with E-state index in [1.165, 1.54) is 6.33 Å². The Hall–Kier alpha value is -2.21. The minimum Gasteiger partial charge on any atom is -0.481 e. The predicted molar refractivity (Wildman–Crippen MR) is 72.7 cm³/mol. The van der Waals surface area contributed by atoms with Crippen LogP contribution in [-0.4, -0.2) is 29.1 Å². The highest BCUT2D eigenvalue weighted by molar-refractivity contribution is 5.39. The molecule has 0 amide bonds. The number of aromatic nitrogens is 3. The van der Waals surface area contributed by atoms with Gasteiger partial charge in [0.15, 0.2) is 0 Å². The number of nitrogens with zero attached hydrogens (tertiary/aromatic N) is 3. The van der Waals surface area contributed by atoms with Crippen LogP contribution in [0, 0.1) is 0 Å². The minimum atomic E-state index is 0.0309. The Morgan fingerprint density at radius 3 is 2.89 bits per heavy atom. The molecule has 0 saturated heterocycles. The molecule has 2 aromatic heterocycles. The van der Waals surface area contributed by atoms with Gasteiger partial charge < -0.3 is 15.8 Å². The lowest BCUT2D eigenvalue weighted by Gasteiger charge is -2.16. The van der Waals surface area contributed by atoms with Crippen LogP contribution in [0.25, 0.3) is 0 Å². The molecule has 0 aliphatic rings. The first-order valence-corrected chi connectivity index (χ1v) is 5.97. The summed E-state index contributed by atoms with van der Waals surface area (Å²) < 4.78 is 5.11. The van der Waals surface area contributed by atoms with Gasteiger partial charge in [-0.3, -0.25) is 0 Å². The lowest BCUT2D eigenvalue weighted by atomic mass is 10.0. The third-order valence-electron chi connectivity index (χ3n) is 2.93. The van der Waals surface area contributed by atoms with Gasteiger partial charge in [-0.1, -0.05) is 6.07 Å². The van der Waals surface area contributed by atoms with Crippen molar-refractivity contribution in [2.45, 2.75) is 12.5 Å². The van der Waals surface area contributed by atoms with Crippen LogP contribution in [0.15, 0.2) is 30.7 Å². The van der Waals surface area contributed by atoms with Crippen molar-refractivity contribution in [3.63, 3.8) is 0 Å². The third kappa shape index (κ3) is 3.17. The zero-order valence-electron chi connectivity index (χ0n) is 11.0. The van der Waals surface area contributed by atoms with Gasteiger partial charge in [0.1, 0.15) is 12.1 Å². The molecule has 2 heterocycles. The van der Waals surface area contributed by atoms with E-state index in [4.69, 9.17) is 10.5 Å². The van der Waals surface area contributed by atoms with Crippen molar-refractivity contribution < 1.29 is 4.74 Å². The monoisotopic (exact) mass is 259 g/mol. The molecule has 1 unspecified atom stereocenters. The summed E-state index contributed by atoms with van der Waals surface area (Å²) in [4.78, 5) is 12.4. The maximum atomic E-state index is 5.86. The largest absolute Gasteiger partial charge is 0.481 e. The van der Waals surface area contributed by atoms with Gasteiger partial charge in [-0.25, -0.2) is 15.0 Å². The van der Waals surface area contributed by atoms with Crippen LogP contribution in [-0.2, 0) is 6.42 Å². The maximum absolute atomic E-state index is 5.86. The second-order valence-corrected chi connectivity index (χ2v) is 4.08. The average molecular weight is 259 g/mol. The average Bonchev–Trinajstić information content (AvgIpc) is 2.46. The van der Waals surface area contributed by atoms with Crippen molar-refractivity contribution in [3.05, 3.63) is 42.0 Å². The van der Waals surface area contributed by atoms with Crippen molar-refractivity contribution in [3.8, 4) is 5.88 Å². The van der Waals surface area contributed by atoms with Gasteiger partial charge in [0.2, 0.25) is 5.88 Å². The molecular formula is C13H17N5O. The highest BCUT2D eigenvalue weighted by Gasteiger charge is 2.14. The Morgan fingerprint density at radius 1 is 1.37 bits per heavy atom. The molecule has 1 atom stereocenters. The standard InChI is InChI=1S/C13H17N5O/c1-15-10(6-9-4-3-5-16-13(9)14)11-7-12(19-2)18-8-17-11/h3-5,7-8,10,15H,6H2,1-2H3,(H2,14,16). The van der Waals surface area contributed by atoms with Crippen LogP contribution in [0.1, 0.15) is 17.3 Å². The number of hydrogen-bond donors (Lipinski definition) is 2. The first-order chi connectivity index (χ1) is 9.24. The number of nitrogen functional groups attached to an aromatic ring is 1. The summed E-state index contributed by atoms with van der Waals surface area (Å²) in [5.74, 6) is 1.09. The molecule has 100 valence electrons. The zero-order chi connectivity index (χ0) is 13.7. The molecule has 0 radical (unpaired) electrons. The number of pyridine rings is 1. The number of nitrogens with two attached hydrogens (primary N) is 1. The van der Waals surface area contributed by atoms with Crippen LogP contribution >= 0.6 is 0 Å². The molecule has 0 fully saturated rings. The number of nitrogens with one attached hydrogen (secondary N) is 1. The van der Waals surface area contributed by atoms with Crippen molar-refractivity contribution >= 4 is 5.82 Å². The second-order valence-electron chi connectivity index (χ2n) is 4.08. The lowest BCUT2D eigenvalue weighted by Crippen LogP contribution is -2.21. The summed E-state index contributed by atoms with van der Waals surface area (Å²) >= 11 is 0. The summed E-state index contributed by atoms with van der Waals surface area (Å²) in [6.45, 7) is 0. The molecule has 19 heavy (non-hydrogen) atoms. The lowest BCUT2D eigenvalue weighted by molar-refractivity contribution is 0.394. The van der Waals surface area contributed by atoms with E-state index in [-0.39, 0.29) is 6.04 Å². The van der Waals surface area contributed by atoms with Gasteiger partial charge in [0.25, 0.3) is 0 Å². The number of rotatable bonds is 5. The predicted octanol–water partition coefficient (Wildman–Crippen LogP) is 0.966. The molecule has 0 aliphatic carbocycles. The van der Waals surface area contributed by atoms with Gasteiger partial charge in [0, 0.05) is 12.3 Å². The maximum Gasteiger partial charge on any atom is 0.216 e. The number of methoxy groups -OCH3 is 1. The van der Waals surface area contributed by atoms with Crippen LogP contribution in [0.2, 0.25) is 0 Å². The minimum absolute atomic E-state index is 0.0309. The van der Waals surface area contributed by atoms with Gasteiger partial charge >= 0.3 is 0 Å². The van der Waals surface area contributed by atoms with E-state index in [2.05, 4.69) is 20.3 Å². The van der Waals surface area contributed by atoms with E-state index in [9.17, 15) is 0 Å². The van der Waals surface area contributed by atoms with E-state index < -0.39 is 0 Å². The number of ether oxygens (including phenoxy) is 1. The molecule has 6 nitrogen and oxygen atoms in total. The quantitative estimate of drug-likeness (QED) is 0.832. The molecule has 0 aliphatic heterocycles.